The van der Waals surface area contributed by atoms with Gasteiger partial charge in [0.15, 0.2) is 0 Å². The molecule has 0 unspecified atom stereocenters. The first-order valence-electron chi connectivity index (χ1n) is 7.53. The van der Waals surface area contributed by atoms with Crippen molar-refractivity contribution in [3.63, 3.8) is 0 Å². The maximum absolute atomic E-state index is 4.03. The second-order valence-corrected chi connectivity index (χ2v) is 21.5. The molecule has 0 atom stereocenters. The van der Waals surface area contributed by atoms with Crippen molar-refractivity contribution in [3.05, 3.63) is 48.8 Å². The Labute approximate surface area is 146 Å². The van der Waals surface area contributed by atoms with Crippen molar-refractivity contribution in [2.75, 3.05) is 0 Å². The van der Waals surface area contributed by atoms with Gasteiger partial charge in [-0.15, -0.1) is 13.2 Å². The molecule has 2 aromatic rings. The first-order valence-corrected chi connectivity index (χ1v) is 17.3. The molecule has 0 bridgehead atoms. The minimum absolute atomic E-state index is 0.625. The lowest BCUT2D eigenvalue weighted by Gasteiger charge is -2.15. The van der Waals surface area contributed by atoms with Gasteiger partial charge >= 0.3 is 0 Å². The monoisotopic (exact) mass is 377 g/mol. The van der Waals surface area contributed by atoms with Crippen LogP contribution in [0.2, 0.25) is 32.7 Å². The van der Waals surface area contributed by atoms with Gasteiger partial charge in [0.1, 0.15) is 24.9 Å². The predicted octanol–water partition coefficient (Wildman–Crippen LogP) is 3.33. The van der Waals surface area contributed by atoms with Crippen LogP contribution in [0.5, 0.6) is 0 Å². The molecule has 0 N–H and O–H groups in total. The van der Waals surface area contributed by atoms with Crippen LogP contribution in [-0.4, -0.2) is 24.9 Å². The summed E-state index contributed by atoms with van der Waals surface area (Å²) in [5.41, 5.74) is 4.37. The van der Waals surface area contributed by atoms with Crippen molar-refractivity contribution >= 4 is 65.6 Å². The molecule has 0 fully saturated rings. The van der Waals surface area contributed by atoms with Crippen LogP contribution in [0.1, 0.15) is 0 Å². The van der Waals surface area contributed by atoms with E-state index in [2.05, 4.69) is 81.6 Å². The molecule has 1 radical (unpaired) electrons. The summed E-state index contributed by atoms with van der Waals surface area (Å²) in [4.78, 5) is 0. The Morgan fingerprint density at radius 2 is 1.18 bits per heavy atom. The molecule has 0 aliphatic heterocycles. The van der Waals surface area contributed by atoms with Crippen LogP contribution in [0, 0.1) is 0 Å². The highest BCUT2D eigenvalue weighted by Gasteiger charge is 2.26. The summed E-state index contributed by atoms with van der Waals surface area (Å²) in [6.45, 7) is 20.0. The van der Waals surface area contributed by atoms with E-state index in [-0.39, 0.29) is 0 Å². The van der Waals surface area contributed by atoms with E-state index in [0.29, 0.717) is 0 Å². The molecule has 0 saturated carbocycles. The van der Waals surface area contributed by atoms with Crippen LogP contribution in [0.4, 0.5) is 0 Å². The van der Waals surface area contributed by atoms with E-state index < -0.39 is 24.9 Å². The zero-order chi connectivity index (χ0) is 16.5. The highest BCUT2D eigenvalue weighted by atomic mass is 32.1. The summed E-state index contributed by atoms with van der Waals surface area (Å²) in [5, 5.41) is 0. The molecule has 2 aromatic heterocycles. The molecule has 0 aliphatic rings. The Kier molecular flexibility index (Phi) is 5.34. The second kappa shape index (κ2) is 6.57. The van der Waals surface area contributed by atoms with Gasteiger partial charge in [0.2, 0.25) is 0 Å². The maximum Gasteiger partial charge on any atom is 0.144 e. The summed E-state index contributed by atoms with van der Waals surface area (Å²) < 4.78 is 6.27. The van der Waals surface area contributed by atoms with Gasteiger partial charge in [0.05, 0.1) is 0 Å². The predicted molar refractivity (Wildman–Crippen MR) is 114 cm³/mol. The van der Waals surface area contributed by atoms with E-state index in [1.54, 1.807) is 18.0 Å². The normalized spacial score (nSPS) is 12.6. The van der Waals surface area contributed by atoms with Crippen molar-refractivity contribution in [3.8, 4) is 0 Å². The number of hydrogen-bond donors (Lipinski definition) is 0. The van der Waals surface area contributed by atoms with Gasteiger partial charge in [0.25, 0.3) is 0 Å². The number of rotatable bonds is 6. The fourth-order valence-corrected chi connectivity index (χ4v) is 12.1. The van der Waals surface area contributed by atoms with Gasteiger partial charge in [-0.25, -0.2) is 0 Å². The highest BCUT2D eigenvalue weighted by molar-refractivity contribution is 7.40. The van der Waals surface area contributed by atoms with Crippen LogP contribution in [0.15, 0.2) is 48.8 Å². The van der Waals surface area contributed by atoms with Crippen molar-refractivity contribution in [1.29, 1.82) is 0 Å². The summed E-state index contributed by atoms with van der Waals surface area (Å²) in [7, 11) is -3.45. The molecule has 117 valence electrons. The quantitative estimate of drug-likeness (QED) is 0.677. The van der Waals surface area contributed by atoms with Crippen molar-refractivity contribution in [2.45, 2.75) is 32.7 Å². The Morgan fingerprint density at radius 3 is 1.50 bits per heavy atom. The fraction of sp³-hybridized carbons (Fsp3) is 0.294. The third-order valence-corrected chi connectivity index (χ3v) is 18.6. The molecular formula is C17H25S2Si3. The molecule has 0 spiro atoms. The van der Waals surface area contributed by atoms with Gasteiger partial charge in [-0.3, -0.25) is 0 Å². The van der Waals surface area contributed by atoms with E-state index in [9.17, 15) is 0 Å². The Hall–Kier alpha value is -0.469. The third-order valence-electron chi connectivity index (χ3n) is 4.24. The van der Waals surface area contributed by atoms with Crippen molar-refractivity contribution in [2.24, 2.45) is 0 Å². The summed E-state index contributed by atoms with van der Waals surface area (Å²) in [6.07, 6.45) is 0. The molecule has 2 heterocycles. The van der Waals surface area contributed by atoms with E-state index in [4.69, 9.17) is 0 Å². The minimum Gasteiger partial charge on any atom is -0.154 e. The topological polar surface area (TPSA) is 0 Å². The standard InChI is InChI=1S/C17H25S2Si3/c1-8-21(4,5)16-12-10-14(18-16)20(3)15-11-13-17(19-15)22(6,7)9-2/h8-13H,1-2H2,3-7H3. The summed E-state index contributed by atoms with van der Waals surface area (Å²) >= 11 is 4.05. The average molecular weight is 378 g/mol. The highest BCUT2D eigenvalue weighted by Crippen LogP contribution is 2.11. The molecule has 5 heteroatoms. The van der Waals surface area contributed by atoms with Crippen molar-refractivity contribution in [1.82, 2.24) is 0 Å². The van der Waals surface area contributed by atoms with Crippen LogP contribution in [-0.2, 0) is 0 Å². The lowest BCUT2D eigenvalue weighted by Crippen LogP contribution is -2.40. The Balaban J connectivity index is 2.28. The SMILES string of the molecule is C=C[Si](C)(C)c1ccc([Si](C)c2ccc([Si](C)(C)C=C)s2)s1. The minimum atomic E-state index is -1.41. The maximum atomic E-state index is 4.03. The lowest BCUT2D eigenvalue weighted by atomic mass is 10.7. The first kappa shape index (κ1) is 17.9. The van der Waals surface area contributed by atoms with Gasteiger partial charge in [-0.05, 0) is 18.0 Å². The molecule has 0 aromatic carbocycles. The largest absolute Gasteiger partial charge is 0.154 e. The molecule has 0 aliphatic carbocycles. The Morgan fingerprint density at radius 1 is 0.818 bits per heavy atom. The summed E-state index contributed by atoms with van der Waals surface area (Å²) in [6, 6.07) is 9.42. The second-order valence-electron chi connectivity index (χ2n) is 6.80. The molecule has 22 heavy (non-hydrogen) atoms. The third kappa shape index (κ3) is 3.54. The van der Waals surface area contributed by atoms with Crippen LogP contribution in [0.25, 0.3) is 0 Å². The zero-order valence-electron chi connectivity index (χ0n) is 14.2. The molecule has 0 nitrogen and oxygen atoms in total. The average Bonchev–Trinajstić information content (AvgIpc) is 3.16. The van der Waals surface area contributed by atoms with Gasteiger partial charge in [-0.2, -0.15) is 22.7 Å². The number of thiophene rings is 2. The fourth-order valence-electron chi connectivity index (χ4n) is 2.09. The van der Waals surface area contributed by atoms with Crippen LogP contribution < -0.4 is 18.0 Å². The van der Waals surface area contributed by atoms with E-state index >= 15 is 0 Å². The zero-order valence-corrected chi connectivity index (χ0v) is 18.8. The van der Waals surface area contributed by atoms with Gasteiger partial charge < -0.3 is 0 Å². The van der Waals surface area contributed by atoms with Crippen LogP contribution >= 0.6 is 22.7 Å². The van der Waals surface area contributed by atoms with Gasteiger partial charge in [-0.1, -0.05) is 68.4 Å². The smallest absolute Gasteiger partial charge is 0.144 e. The van der Waals surface area contributed by atoms with E-state index in [1.165, 1.54) is 0 Å². The van der Waals surface area contributed by atoms with Crippen molar-refractivity contribution < 1.29 is 0 Å². The summed E-state index contributed by atoms with van der Waals surface area (Å²) in [5.74, 6) is 0. The Bertz CT molecular complexity index is 621. The lowest BCUT2D eigenvalue weighted by molar-refractivity contribution is 1.86. The van der Waals surface area contributed by atoms with Crippen LogP contribution in [0.3, 0.4) is 0 Å². The van der Waals surface area contributed by atoms with Gasteiger partial charge in [0, 0.05) is 0 Å². The molecule has 0 saturated heterocycles. The molecule has 2 rings (SSSR count). The van der Waals surface area contributed by atoms with E-state index in [1.807, 2.05) is 22.7 Å². The first-order chi connectivity index (χ1) is 10.2. The molecular weight excluding hydrogens is 353 g/mol. The molecule has 0 amide bonds. The number of hydrogen-bond acceptors (Lipinski definition) is 2. The van der Waals surface area contributed by atoms with E-state index in [0.717, 1.165) is 0 Å².